The van der Waals surface area contributed by atoms with Gasteiger partial charge in [0.2, 0.25) is 0 Å². The summed E-state index contributed by atoms with van der Waals surface area (Å²) < 4.78 is 27.5. The molecule has 0 radical (unpaired) electrons. The van der Waals surface area contributed by atoms with Crippen LogP contribution in [0.25, 0.3) is 0 Å². The van der Waals surface area contributed by atoms with Gasteiger partial charge in [-0.25, -0.2) is 8.42 Å². The summed E-state index contributed by atoms with van der Waals surface area (Å²) in [6, 6.07) is 6.95. The Bertz CT molecular complexity index is 457. The fourth-order valence-corrected chi connectivity index (χ4v) is 2.19. The molecule has 0 bridgehead atoms. The lowest BCUT2D eigenvalue weighted by molar-refractivity contribution is 0.199. The molecule has 2 N–H and O–H groups in total. The maximum atomic E-state index is 11.3. The third-order valence-corrected chi connectivity index (χ3v) is 3.77. The molecule has 1 rings (SSSR count). The van der Waals surface area contributed by atoms with E-state index in [0.29, 0.717) is 11.5 Å². The van der Waals surface area contributed by atoms with Crippen LogP contribution in [-0.2, 0) is 21.1 Å². The first-order chi connectivity index (χ1) is 9.04. The SMILES string of the molecule is COCCNCCNCc1ccc(S(C)(=O)=O)cc1. The molecular weight excluding hydrogens is 264 g/mol. The molecule has 0 aliphatic rings. The van der Waals surface area contributed by atoms with Crippen LogP contribution in [0.4, 0.5) is 0 Å². The fourth-order valence-electron chi connectivity index (χ4n) is 1.56. The second-order valence-electron chi connectivity index (χ2n) is 4.34. The van der Waals surface area contributed by atoms with Crippen LogP contribution in [0.2, 0.25) is 0 Å². The highest BCUT2D eigenvalue weighted by atomic mass is 32.2. The molecule has 0 spiro atoms. The summed E-state index contributed by atoms with van der Waals surface area (Å²) in [5.74, 6) is 0. The number of sulfone groups is 1. The highest BCUT2D eigenvalue weighted by molar-refractivity contribution is 7.90. The van der Waals surface area contributed by atoms with E-state index >= 15 is 0 Å². The molecule has 0 unspecified atom stereocenters. The van der Waals surface area contributed by atoms with Crippen molar-refractivity contribution in [2.24, 2.45) is 0 Å². The number of methoxy groups -OCH3 is 1. The molecule has 5 nitrogen and oxygen atoms in total. The number of rotatable bonds is 9. The van der Waals surface area contributed by atoms with Gasteiger partial charge in [-0.1, -0.05) is 12.1 Å². The summed E-state index contributed by atoms with van der Waals surface area (Å²) in [6.45, 7) is 4.03. The van der Waals surface area contributed by atoms with Gasteiger partial charge < -0.3 is 15.4 Å². The normalized spacial score (nSPS) is 11.7. The number of hydrogen-bond acceptors (Lipinski definition) is 5. The van der Waals surface area contributed by atoms with Gasteiger partial charge in [0.05, 0.1) is 11.5 Å². The second-order valence-corrected chi connectivity index (χ2v) is 6.35. The van der Waals surface area contributed by atoms with Crippen molar-refractivity contribution in [3.05, 3.63) is 29.8 Å². The van der Waals surface area contributed by atoms with Gasteiger partial charge in [0.1, 0.15) is 0 Å². The van der Waals surface area contributed by atoms with E-state index in [4.69, 9.17) is 4.74 Å². The highest BCUT2D eigenvalue weighted by Crippen LogP contribution is 2.09. The second kappa shape index (κ2) is 8.27. The average molecular weight is 286 g/mol. The fraction of sp³-hybridized carbons (Fsp3) is 0.538. The Kier molecular flexibility index (Phi) is 7.01. The maximum absolute atomic E-state index is 11.3. The monoisotopic (exact) mass is 286 g/mol. The molecule has 0 atom stereocenters. The summed E-state index contributed by atoms with van der Waals surface area (Å²) in [4.78, 5) is 0.359. The molecule has 108 valence electrons. The van der Waals surface area contributed by atoms with Gasteiger partial charge >= 0.3 is 0 Å². The maximum Gasteiger partial charge on any atom is 0.175 e. The average Bonchev–Trinajstić information content (AvgIpc) is 2.37. The molecule has 0 heterocycles. The lowest BCUT2D eigenvalue weighted by atomic mass is 10.2. The van der Waals surface area contributed by atoms with E-state index in [2.05, 4.69) is 10.6 Å². The van der Waals surface area contributed by atoms with Gasteiger partial charge in [-0.2, -0.15) is 0 Å². The zero-order valence-electron chi connectivity index (χ0n) is 11.5. The van der Waals surface area contributed by atoms with Crippen molar-refractivity contribution in [1.82, 2.24) is 10.6 Å². The van der Waals surface area contributed by atoms with E-state index in [1.807, 2.05) is 12.1 Å². The predicted molar refractivity (Wildman–Crippen MR) is 76.0 cm³/mol. The van der Waals surface area contributed by atoms with Crippen molar-refractivity contribution in [2.45, 2.75) is 11.4 Å². The predicted octanol–water partition coefficient (Wildman–Crippen LogP) is 0.416. The molecule has 0 fully saturated rings. The molecule has 0 saturated heterocycles. The number of benzene rings is 1. The lowest BCUT2D eigenvalue weighted by Crippen LogP contribution is -2.29. The summed E-state index contributed by atoms with van der Waals surface area (Å²) in [7, 11) is -1.42. The van der Waals surface area contributed by atoms with Crippen molar-refractivity contribution < 1.29 is 13.2 Å². The summed E-state index contributed by atoms with van der Waals surface area (Å²) in [5.41, 5.74) is 1.07. The smallest absolute Gasteiger partial charge is 0.175 e. The van der Waals surface area contributed by atoms with Gasteiger partial charge in [-0.05, 0) is 17.7 Å². The van der Waals surface area contributed by atoms with Crippen molar-refractivity contribution in [2.75, 3.05) is 39.6 Å². The molecule has 1 aromatic rings. The van der Waals surface area contributed by atoms with Crippen LogP contribution in [0.1, 0.15) is 5.56 Å². The van der Waals surface area contributed by atoms with Crippen LogP contribution < -0.4 is 10.6 Å². The molecule has 0 amide bonds. The highest BCUT2D eigenvalue weighted by Gasteiger charge is 2.05. The summed E-state index contributed by atoms with van der Waals surface area (Å²) in [5, 5.41) is 6.52. The van der Waals surface area contributed by atoms with E-state index in [9.17, 15) is 8.42 Å². The van der Waals surface area contributed by atoms with Crippen molar-refractivity contribution in [1.29, 1.82) is 0 Å². The van der Waals surface area contributed by atoms with E-state index in [-0.39, 0.29) is 0 Å². The number of hydrogen-bond donors (Lipinski definition) is 2. The number of ether oxygens (including phenoxy) is 1. The molecule has 0 aliphatic carbocycles. The molecule has 6 heteroatoms. The van der Waals surface area contributed by atoms with Gasteiger partial charge in [0, 0.05) is 39.5 Å². The van der Waals surface area contributed by atoms with Gasteiger partial charge in [0.25, 0.3) is 0 Å². The molecule has 0 aromatic heterocycles. The molecule has 1 aromatic carbocycles. The molecule has 0 saturated carbocycles. The van der Waals surface area contributed by atoms with Crippen LogP contribution in [0.15, 0.2) is 29.2 Å². The third-order valence-electron chi connectivity index (χ3n) is 2.64. The minimum absolute atomic E-state index is 0.359. The van der Waals surface area contributed by atoms with Crippen LogP contribution in [-0.4, -0.2) is 48.0 Å². The zero-order chi connectivity index (χ0) is 14.1. The Hall–Kier alpha value is -0.950. The Morgan fingerprint density at radius 3 is 2.26 bits per heavy atom. The Labute approximate surface area is 115 Å². The molecular formula is C13H22N2O3S. The van der Waals surface area contributed by atoms with Gasteiger partial charge in [-0.3, -0.25) is 0 Å². The Balaban J connectivity index is 2.23. The van der Waals surface area contributed by atoms with E-state index in [1.54, 1.807) is 19.2 Å². The molecule has 19 heavy (non-hydrogen) atoms. The third kappa shape index (κ3) is 6.68. The topological polar surface area (TPSA) is 67.4 Å². The van der Waals surface area contributed by atoms with Gasteiger partial charge in [0.15, 0.2) is 9.84 Å². The van der Waals surface area contributed by atoms with Gasteiger partial charge in [-0.15, -0.1) is 0 Å². The van der Waals surface area contributed by atoms with E-state index in [1.165, 1.54) is 6.26 Å². The van der Waals surface area contributed by atoms with Crippen molar-refractivity contribution in [3.8, 4) is 0 Å². The Morgan fingerprint density at radius 1 is 1.05 bits per heavy atom. The van der Waals surface area contributed by atoms with E-state index < -0.39 is 9.84 Å². The summed E-state index contributed by atoms with van der Waals surface area (Å²) in [6.07, 6.45) is 1.21. The minimum atomic E-state index is -3.10. The quantitative estimate of drug-likeness (QED) is 0.644. The van der Waals surface area contributed by atoms with Crippen LogP contribution >= 0.6 is 0 Å². The van der Waals surface area contributed by atoms with Crippen LogP contribution in [0.3, 0.4) is 0 Å². The number of nitrogens with one attached hydrogen (secondary N) is 2. The van der Waals surface area contributed by atoms with E-state index in [0.717, 1.165) is 31.7 Å². The van der Waals surface area contributed by atoms with Crippen LogP contribution in [0.5, 0.6) is 0 Å². The van der Waals surface area contributed by atoms with Crippen molar-refractivity contribution in [3.63, 3.8) is 0 Å². The minimum Gasteiger partial charge on any atom is -0.383 e. The lowest BCUT2D eigenvalue weighted by Gasteiger charge is -2.07. The van der Waals surface area contributed by atoms with Crippen LogP contribution in [0, 0.1) is 0 Å². The Morgan fingerprint density at radius 2 is 1.68 bits per heavy atom. The largest absolute Gasteiger partial charge is 0.383 e. The first-order valence-corrected chi connectivity index (χ1v) is 8.12. The first kappa shape index (κ1) is 16.1. The summed E-state index contributed by atoms with van der Waals surface area (Å²) >= 11 is 0. The standard InChI is InChI=1S/C13H22N2O3S/c1-18-10-9-14-7-8-15-11-12-3-5-13(6-4-12)19(2,16)17/h3-6,14-15H,7-11H2,1-2H3. The zero-order valence-corrected chi connectivity index (χ0v) is 12.3. The molecule has 0 aliphatic heterocycles. The van der Waals surface area contributed by atoms with Crippen molar-refractivity contribution >= 4 is 9.84 Å². The first-order valence-electron chi connectivity index (χ1n) is 6.23.